The fourth-order valence-electron chi connectivity index (χ4n) is 3.36. The van der Waals surface area contributed by atoms with Crippen molar-refractivity contribution in [2.24, 2.45) is 11.0 Å². The smallest absolute Gasteiger partial charge is 0.227 e. The van der Waals surface area contributed by atoms with E-state index in [1.165, 1.54) is 12.5 Å². The Hall–Kier alpha value is -2.27. The fraction of sp³-hybridized carbons (Fsp3) is 0.562. The molecule has 122 valence electrons. The van der Waals surface area contributed by atoms with Gasteiger partial charge in [0, 0.05) is 43.2 Å². The van der Waals surface area contributed by atoms with Crippen LogP contribution in [0.4, 0.5) is 15.8 Å². The number of piperidine rings is 1. The molecule has 23 heavy (non-hydrogen) atoms. The number of hydrogen-bond acceptors (Lipinski definition) is 3. The predicted octanol–water partition coefficient (Wildman–Crippen LogP) is 3.48. The van der Waals surface area contributed by atoms with Gasteiger partial charge in [0.2, 0.25) is 5.91 Å². The lowest BCUT2D eigenvalue weighted by Crippen LogP contribution is -2.30. The predicted molar refractivity (Wildman–Crippen MR) is 86.9 cm³/mol. The minimum absolute atomic E-state index is 0.00299. The van der Waals surface area contributed by atoms with E-state index in [1.54, 1.807) is 17.0 Å². The maximum Gasteiger partial charge on any atom is 0.227 e. The van der Waals surface area contributed by atoms with Crippen molar-refractivity contribution in [1.29, 1.82) is 0 Å². The third-order valence-corrected chi connectivity index (χ3v) is 4.55. The van der Waals surface area contributed by atoms with E-state index in [9.17, 15) is 9.18 Å². The van der Waals surface area contributed by atoms with E-state index in [-0.39, 0.29) is 17.6 Å². The molecule has 2 heterocycles. The van der Waals surface area contributed by atoms with E-state index in [2.05, 4.69) is 14.9 Å². The molecule has 3 rings (SSSR count). The second-order valence-electron chi connectivity index (χ2n) is 6.17. The Morgan fingerprint density at radius 3 is 2.78 bits per heavy atom. The van der Waals surface area contributed by atoms with Crippen molar-refractivity contribution < 1.29 is 9.18 Å². The number of amides is 1. The van der Waals surface area contributed by atoms with Crippen molar-refractivity contribution in [3.05, 3.63) is 34.5 Å². The molecule has 0 spiro atoms. The molecule has 1 unspecified atom stereocenters. The summed E-state index contributed by atoms with van der Waals surface area (Å²) in [5.41, 5.74) is 9.57. The molecule has 7 heteroatoms. The van der Waals surface area contributed by atoms with Crippen LogP contribution in [0.15, 0.2) is 23.3 Å². The van der Waals surface area contributed by atoms with Crippen LogP contribution in [-0.4, -0.2) is 32.1 Å². The Morgan fingerprint density at radius 2 is 2.09 bits per heavy atom. The largest absolute Gasteiger partial charge is 0.369 e. The zero-order chi connectivity index (χ0) is 16.2. The highest BCUT2D eigenvalue weighted by Crippen LogP contribution is 2.30. The van der Waals surface area contributed by atoms with Gasteiger partial charge in [-0.15, -0.1) is 0 Å². The molecule has 1 atom stereocenters. The van der Waals surface area contributed by atoms with Gasteiger partial charge in [0.1, 0.15) is 5.82 Å². The van der Waals surface area contributed by atoms with E-state index in [0.717, 1.165) is 25.9 Å². The Labute approximate surface area is 134 Å². The van der Waals surface area contributed by atoms with Crippen LogP contribution in [0.25, 0.3) is 10.4 Å². The van der Waals surface area contributed by atoms with Crippen molar-refractivity contribution in [3.63, 3.8) is 0 Å². The van der Waals surface area contributed by atoms with E-state index in [4.69, 9.17) is 5.53 Å². The van der Waals surface area contributed by atoms with Crippen LogP contribution in [-0.2, 0) is 4.79 Å². The summed E-state index contributed by atoms with van der Waals surface area (Å²) in [5, 5.41) is 3.53. The monoisotopic (exact) mass is 317 g/mol. The minimum Gasteiger partial charge on any atom is -0.369 e. The number of halogens is 1. The molecule has 0 saturated carbocycles. The first-order valence-electron chi connectivity index (χ1n) is 8.05. The Bertz CT molecular complexity index is 637. The zero-order valence-electron chi connectivity index (χ0n) is 13.0. The van der Waals surface area contributed by atoms with Crippen molar-refractivity contribution in [1.82, 2.24) is 0 Å². The zero-order valence-corrected chi connectivity index (χ0v) is 13.0. The third-order valence-electron chi connectivity index (χ3n) is 4.55. The maximum absolute atomic E-state index is 14.5. The fourth-order valence-corrected chi connectivity index (χ4v) is 3.36. The summed E-state index contributed by atoms with van der Waals surface area (Å²) in [6.07, 6.45) is 3.72. The summed E-state index contributed by atoms with van der Waals surface area (Å²) in [6, 6.07) is 5.02. The van der Waals surface area contributed by atoms with E-state index in [0.29, 0.717) is 30.9 Å². The Balaban J connectivity index is 1.74. The molecule has 1 aromatic carbocycles. The summed E-state index contributed by atoms with van der Waals surface area (Å²) in [6.45, 7) is 2.54. The average molecular weight is 317 g/mol. The standard InChI is InChI=1S/C16H20FN5O/c17-14-9-13(4-5-15(14)21-6-2-1-3-7-21)22-11-12(8-16(22)23)10-19-20-18/h4-5,9,12H,1-3,6-8,10-11H2. The molecule has 1 aromatic rings. The lowest BCUT2D eigenvalue weighted by Gasteiger charge is -2.29. The molecule has 6 nitrogen and oxygen atoms in total. The van der Waals surface area contributed by atoms with Crippen molar-refractivity contribution in [2.75, 3.05) is 36.0 Å². The summed E-state index contributed by atoms with van der Waals surface area (Å²) >= 11 is 0. The normalized spacial score (nSPS) is 21.4. The van der Waals surface area contributed by atoms with E-state index in [1.807, 2.05) is 0 Å². The highest BCUT2D eigenvalue weighted by molar-refractivity contribution is 5.95. The van der Waals surface area contributed by atoms with Crippen LogP contribution in [0.2, 0.25) is 0 Å². The second-order valence-corrected chi connectivity index (χ2v) is 6.17. The summed E-state index contributed by atoms with van der Waals surface area (Å²) in [7, 11) is 0. The number of carbonyl (C=O) groups excluding carboxylic acids is 1. The summed E-state index contributed by atoms with van der Waals surface area (Å²) in [5.74, 6) is -0.327. The van der Waals surface area contributed by atoms with Crippen LogP contribution in [0.1, 0.15) is 25.7 Å². The lowest BCUT2D eigenvalue weighted by molar-refractivity contribution is -0.117. The van der Waals surface area contributed by atoms with Crippen molar-refractivity contribution >= 4 is 17.3 Å². The van der Waals surface area contributed by atoms with Crippen molar-refractivity contribution in [2.45, 2.75) is 25.7 Å². The SMILES string of the molecule is [N-]=[N+]=NCC1CC(=O)N(c2ccc(N3CCCCC3)c(F)c2)C1. The molecule has 0 bridgehead atoms. The molecule has 0 aliphatic carbocycles. The number of hydrogen-bond donors (Lipinski definition) is 0. The van der Waals surface area contributed by atoms with Gasteiger partial charge in [-0.1, -0.05) is 5.11 Å². The molecule has 2 fully saturated rings. The van der Waals surface area contributed by atoms with E-state index >= 15 is 0 Å². The lowest BCUT2D eigenvalue weighted by atomic mass is 10.1. The molecular formula is C16H20FN5O. The topological polar surface area (TPSA) is 72.3 Å². The first-order chi connectivity index (χ1) is 11.2. The molecule has 0 radical (unpaired) electrons. The number of azide groups is 1. The minimum atomic E-state index is -0.282. The summed E-state index contributed by atoms with van der Waals surface area (Å²) < 4.78 is 14.5. The molecule has 0 N–H and O–H groups in total. The highest BCUT2D eigenvalue weighted by atomic mass is 19.1. The molecular weight excluding hydrogens is 297 g/mol. The highest BCUT2D eigenvalue weighted by Gasteiger charge is 2.30. The summed E-state index contributed by atoms with van der Waals surface area (Å²) in [4.78, 5) is 18.5. The quantitative estimate of drug-likeness (QED) is 0.484. The number of carbonyl (C=O) groups is 1. The van der Waals surface area contributed by atoms with Gasteiger partial charge in [-0.05, 0) is 48.9 Å². The number of nitrogens with zero attached hydrogens (tertiary/aromatic N) is 5. The molecule has 2 saturated heterocycles. The van der Waals surface area contributed by atoms with Crippen LogP contribution in [0.5, 0.6) is 0 Å². The van der Waals surface area contributed by atoms with Crippen LogP contribution < -0.4 is 9.80 Å². The molecule has 2 aliphatic heterocycles. The first-order valence-corrected chi connectivity index (χ1v) is 8.05. The van der Waals surface area contributed by atoms with Crippen LogP contribution >= 0.6 is 0 Å². The Kier molecular flexibility index (Phi) is 4.67. The first kappa shape index (κ1) is 15.6. The van der Waals surface area contributed by atoms with Gasteiger partial charge in [-0.3, -0.25) is 4.79 Å². The van der Waals surface area contributed by atoms with Gasteiger partial charge in [-0.25, -0.2) is 4.39 Å². The number of anilines is 2. The van der Waals surface area contributed by atoms with Gasteiger partial charge >= 0.3 is 0 Å². The van der Waals surface area contributed by atoms with E-state index < -0.39 is 0 Å². The second kappa shape index (κ2) is 6.87. The Morgan fingerprint density at radius 1 is 1.30 bits per heavy atom. The molecule has 0 aromatic heterocycles. The van der Waals surface area contributed by atoms with Crippen molar-refractivity contribution in [3.8, 4) is 0 Å². The molecule has 2 aliphatic rings. The third kappa shape index (κ3) is 3.40. The van der Waals surface area contributed by atoms with Crippen LogP contribution in [0, 0.1) is 11.7 Å². The maximum atomic E-state index is 14.5. The molecule has 1 amide bonds. The number of rotatable bonds is 4. The van der Waals surface area contributed by atoms with Crippen LogP contribution in [0.3, 0.4) is 0 Å². The van der Waals surface area contributed by atoms with Gasteiger partial charge in [0.25, 0.3) is 0 Å². The van der Waals surface area contributed by atoms with Gasteiger partial charge in [-0.2, -0.15) is 0 Å². The average Bonchev–Trinajstić information content (AvgIpc) is 2.94. The van der Waals surface area contributed by atoms with Gasteiger partial charge in [0.15, 0.2) is 0 Å². The van der Waals surface area contributed by atoms with Gasteiger partial charge < -0.3 is 9.80 Å². The number of benzene rings is 1. The van der Waals surface area contributed by atoms with Gasteiger partial charge in [0.05, 0.1) is 5.69 Å².